The number of hydrogen-bond donors (Lipinski definition) is 1. The van der Waals surface area contributed by atoms with E-state index in [-0.39, 0.29) is 16.8 Å². The van der Waals surface area contributed by atoms with E-state index in [2.05, 4.69) is 43.6 Å². The van der Waals surface area contributed by atoms with E-state index in [0.29, 0.717) is 6.04 Å². The number of nitrogens with zero attached hydrogens (tertiary/aromatic N) is 1. The van der Waals surface area contributed by atoms with Gasteiger partial charge in [0.2, 0.25) is 0 Å². The van der Waals surface area contributed by atoms with Crippen LogP contribution in [0.1, 0.15) is 44.6 Å². The third-order valence-corrected chi connectivity index (χ3v) is 8.11. The lowest BCUT2D eigenvalue weighted by atomic mass is 9.53. The number of nitrogens with one attached hydrogen (secondary N) is 1. The van der Waals surface area contributed by atoms with Gasteiger partial charge in [0.1, 0.15) is 6.04 Å². The van der Waals surface area contributed by atoms with E-state index in [1.54, 1.807) is 0 Å². The standard InChI is InChI=1S/C22H28N2O2/c1-4-21-10-7-12-24(2)13-11-22(20(21)24)16-8-5-6-9-17(16)23-18(22)15(14-21)19(25)26-3/h5-6,8-9,20H,4,7,10-14H2,1-3H3/p+1/t20-,21-,22-,24?/m0/s1. The van der Waals surface area contributed by atoms with E-state index in [0.717, 1.165) is 35.0 Å². The molecule has 2 fully saturated rings. The molecule has 4 nitrogen and oxygen atoms in total. The molecule has 4 aliphatic rings. The number of piperidine rings is 1. The molecule has 1 aromatic carbocycles. The average molecular weight is 353 g/mol. The second-order valence-corrected chi connectivity index (χ2v) is 9.06. The predicted molar refractivity (Wildman–Crippen MR) is 102 cm³/mol. The van der Waals surface area contributed by atoms with E-state index in [9.17, 15) is 4.79 Å². The summed E-state index contributed by atoms with van der Waals surface area (Å²) in [4.78, 5) is 12.8. The molecular weight excluding hydrogens is 324 g/mol. The first-order valence-corrected chi connectivity index (χ1v) is 10.0. The average Bonchev–Trinajstić information content (AvgIpc) is 3.17. The summed E-state index contributed by atoms with van der Waals surface area (Å²) in [5, 5.41) is 3.68. The van der Waals surface area contributed by atoms with Gasteiger partial charge >= 0.3 is 5.97 Å². The van der Waals surface area contributed by atoms with Crippen LogP contribution in [-0.4, -0.2) is 43.7 Å². The lowest BCUT2D eigenvalue weighted by molar-refractivity contribution is -0.936. The van der Waals surface area contributed by atoms with Crippen molar-refractivity contribution in [3.63, 3.8) is 0 Å². The van der Waals surface area contributed by atoms with Gasteiger partial charge in [0.25, 0.3) is 0 Å². The van der Waals surface area contributed by atoms with Crippen LogP contribution in [0.3, 0.4) is 0 Å². The first kappa shape index (κ1) is 16.4. The van der Waals surface area contributed by atoms with Crippen molar-refractivity contribution >= 4 is 11.7 Å². The van der Waals surface area contributed by atoms with Crippen molar-refractivity contribution in [2.24, 2.45) is 5.41 Å². The molecule has 3 aliphatic heterocycles. The van der Waals surface area contributed by atoms with Crippen molar-refractivity contribution in [2.45, 2.75) is 50.5 Å². The zero-order chi connectivity index (χ0) is 18.2. The van der Waals surface area contributed by atoms with Gasteiger partial charge in [-0.3, -0.25) is 0 Å². The van der Waals surface area contributed by atoms with Gasteiger partial charge in [-0.15, -0.1) is 0 Å². The summed E-state index contributed by atoms with van der Waals surface area (Å²) >= 11 is 0. The second-order valence-electron chi connectivity index (χ2n) is 9.06. The second kappa shape index (κ2) is 5.13. The minimum absolute atomic E-state index is 0.0520. The van der Waals surface area contributed by atoms with Crippen molar-refractivity contribution in [3.8, 4) is 0 Å². The summed E-state index contributed by atoms with van der Waals surface area (Å²) in [6.45, 7) is 4.79. The fourth-order valence-electron chi connectivity index (χ4n) is 7.25. The molecule has 26 heavy (non-hydrogen) atoms. The lowest BCUT2D eigenvalue weighted by Gasteiger charge is -2.57. The molecule has 4 atom stereocenters. The van der Waals surface area contributed by atoms with Crippen molar-refractivity contribution in [1.82, 2.24) is 0 Å². The molecule has 1 aromatic rings. The molecule has 0 radical (unpaired) electrons. The summed E-state index contributed by atoms with van der Waals surface area (Å²) in [5.41, 5.74) is 4.79. The zero-order valence-electron chi connectivity index (χ0n) is 16.1. The monoisotopic (exact) mass is 353 g/mol. The maximum Gasteiger partial charge on any atom is 0.335 e. The van der Waals surface area contributed by atoms with E-state index in [1.807, 2.05) is 0 Å². The van der Waals surface area contributed by atoms with Gasteiger partial charge in [-0.25, -0.2) is 4.79 Å². The van der Waals surface area contributed by atoms with E-state index < -0.39 is 0 Å². The fraction of sp³-hybridized carbons (Fsp3) is 0.591. The Hall–Kier alpha value is -1.81. The van der Waals surface area contributed by atoms with Crippen LogP contribution >= 0.6 is 0 Å². The molecule has 138 valence electrons. The van der Waals surface area contributed by atoms with Crippen LogP contribution in [0.2, 0.25) is 0 Å². The van der Waals surface area contributed by atoms with Gasteiger partial charge in [-0.1, -0.05) is 25.1 Å². The highest BCUT2D eigenvalue weighted by molar-refractivity contribution is 5.93. The summed E-state index contributed by atoms with van der Waals surface area (Å²) in [5.74, 6) is -0.141. The molecule has 0 bridgehead atoms. The Labute approximate surface area is 155 Å². The van der Waals surface area contributed by atoms with Gasteiger partial charge in [0, 0.05) is 23.2 Å². The van der Waals surface area contributed by atoms with Crippen LogP contribution in [0.5, 0.6) is 0 Å². The summed E-state index contributed by atoms with van der Waals surface area (Å²) < 4.78 is 6.41. The number of ether oxygens (including phenoxy) is 1. The Balaban J connectivity index is 1.84. The first-order chi connectivity index (χ1) is 12.5. The Morgan fingerprint density at radius 3 is 2.88 bits per heavy atom. The predicted octanol–water partition coefficient (Wildman–Crippen LogP) is 3.59. The smallest absolute Gasteiger partial charge is 0.335 e. The molecule has 4 heteroatoms. The number of carbonyl (C=O) groups excluding carboxylic acids is 1. The molecule has 0 amide bonds. The first-order valence-electron chi connectivity index (χ1n) is 10.0. The van der Waals surface area contributed by atoms with Gasteiger partial charge in [-0.2, -0.15) is 0 Å². The van der Waals surface area contributed by atoms with Crippen molar-refractivity contribution in [3.05, 3.63) is 41.1 Å². The number of anilines is 1. The number of hydrogen-bond acceptors (Lipinski definition) is 3. The molecular formula is C22H29N2O2+. The Morgan fingerprint density at radius 2 is 2.12 bits per heavy atom. The fourth-order valence-corrected chi connectivity index (χ4v) is 7.25. The molecule has 2 saturated heterocycles. The summed E-state index contributed by atoms with van der Waals surface area (Å²) in [7, 11) is 3.98. The maximum atomic E-state index is 12.8. The number of carbonyl (C=O) groups is 1. The molecule has 1 unspecified atom stereocenters. The topological polar surface area (TPSA) is 38.3 Å². The number of esters is 1. The van der Waals surface area contributed by atoms with Crippen LogP contribution in [0, 0.1) is 5.41 Å². The highest BCUT2D eigenvalue weighted by atomic mass is 16.5. The minimum atomic E-state index is -0.141. The highest BCUT2D eigenvalue weighted by Gasteiger charge is 2.71. The number of fused-ring (bicyclic) bond motifs is 1. The van der Waals surface area contributed by atoms with Crippen LogP contribution in [0.25, 0.3) is 0 Å². The molecule has 5 rings (SSSR count). The number of rotatable bonds is 2. The van der Waals surface area contributed by atoms with Gasteiger partial charge in [0.05, 0.1) is 38.2 Å². The molecule has 1 N–H and O–H groups in total. The van der Waals surface area contributed by atoms with E-state index >= 15 is 0 Å². The quantitative estimate of drug-likeness (QED) is 0.652. The molecule has 0 saturated carbocycles. The third-order valence-electron chi connectivity index (χ3n) is 8.11. The Bertz CT molecular complexity index is 831. The van der Waals surface area contributed by atoms with Crippen LogP contribution in [-0.2, 0) is 14.9 Å². The number of benzene rings is 1. The van der Waals surface area contributed by atoms with E-state index in [4.69, 9.17) is 4.74 Å². The summed E-state index contributed by atoms with van der Waals surface area (Å²) in [6.07, 6.45) is 5.58. The molecule has 3 heterocycles. The van der Waals surface area contributed by atoms with E-state index in [1.165, 1.54) is 44.3 Å². The number of likely N-dealkylation sites (N-methyl/N-ethyl adjacent to an activating group) is 1. The Morgan fingerprint density at radius 1 is 1.31 bits per heavy atom. The number of methoxy groups -OCH3 is 1. The Kier molecular flexibility index (Phi) is 3.23. The lowest BCUT2D eigenvalue weighted by Crippen LogP contribution is -2.66. The number of para-hydroxylation sites is 1. The van der Waals surface area contributed by atoms with Gasteiger partial charge < -0.3 is 14.5 Å². The van der Waals surface area contributed by atoms with Crippen molar-refractivity contribution < 1.29 is 14.0 Å². The van der Waals surface area contributed by atoms with Crippen LogP contribution in [0.15, 0.2) is 35.5 Å². The molecule has 0 aromatic heterocycles. The SMILES string of the molecule is CC[C@]12CCC[N+]3(C)CC[C@]4(C(=C(C(=O)OC)C1)Nc1ccccc14)[C@H]23. The molecule has 1 spiro atoms. The third kappa shape index (κ3) is 1.72. The summed E-state index contributed by atoms with van der Waals surface area (Å²) in [6, 6.07) is 9.26. The largest absolute Gasteiger partial charge is 0.466 e. The maximum absolute atomic E-state index is 12.8. The minimum Gasteiger partial charge on any atom is -0.466 e. The highest BCUT2D eigenvalue weighted by Crippen LogP contribution is 2.66. The van der Waals surface area contributed by atoms with Crippen LogP contribution in [0.4, 0.5) is 5.69 Å². The molecule has 1 aliphatic carbocycles. The number of quaternary nitrogens is 1. The zero-order valence-corrected chi connectivity index (χ0v) is 16.1. The van der Waals surface area contributed by atoms with Crippen molar-refractivity contribution in [2.75, 3.05) is 32.6 Å². The van der Waals surface area contributed by atoms with Crippen LogP contribution < -0.4 is 5.32 Å². The van der Waals surface area contributed by atoms with Crippen molar-refractivity contribution in [1.29, 1.82) is 0 Å². The van der Waals surface area contributed by atoms with Gasteiger partial charge in [-0.05, 0) is 37.3 Å². The van der Waals surface area contributed by atoms with Gasteiger partial charge in [0.15, 0.2) is 0 Å². The normalized spacial score (nSPS) is 39.7.